The summed E-state index contributed by atoms with van der Waals surface area (Å²) in [5.74, 6) is 0.127. The SMILES string of the molecule is COc1ccc2ncc(F)c(CC[C@H]3CC[C@@H](N)CO3)c2n1. The van der Waals surface area contributed by atoms with Gasteiger partial charge in [-0.05, 0) is 31.7 Å². The molecule has 0 amide bonds. The minimum atomic E-state index is -0.333. The molecule has 2 aromatic rings. The highest BCUT2D eigenvalue weighted by Crippen LogP contribution is 2.24. The molecule has 2 N–H and O–H groups in total. The van der Waals surface area contributed by atoms with Gasteiger partial charge in [0.25, 0.3) is 0 Å². The van der Waals surface area contributed by atoms with E-state index in [4.69, 9.17) is 15.2 Å². The van der Waals surface area contributed by atoms with Crippen LogP contribution in [0.3, 0.4) is 0 Å². The van der Waals surface area contributed by atoms with E-state index >= 15 is 0 Å². The minimum Gasteiger partial charge on any atom is -0.481 e. The van der Waals surface area contributed by atoms with Crippen molar-refractivity contribution >= 4 is 11.0 Å². The van der Waals surface area contributed by atoms with Gasteiger partial charge in [0.05, 0.1) is 37.1 Å². The van der Waals surface area contributed by atoms with E-state index in [0.29, 0.717) is 35.5 Å². The van der Waals surface area contributed by atoms with E-state index in [1.807, 2.05) is 0 Å². The first kappa shape index (κ1) is 15.1. The van der Waals surface area contributed by atoms with Crippen molar-refractivity contribution in [3.8, 4) is 5.88 Å². The molecule has 1 aliphatic rings. The van der Waals surface area contributed by atoms with Gasteiger partial charge >= 0.3 is 0 Å². The number of methoxy groups -OCH3 is 1. The number of fused-ring (bicyclic) bond motifs is 1. The summed E-state index contributed by atoms with van der Waals surface area (Å²) in [6.45, 7) is 0.580. The fraction of sp³-hybridized carbons (Fsp3) is 0.500. The lowest BCUT2D eigenvalue weighted by molar-refractivity contribution is 0.00106. The number of halogens is 1. The molecule has 5 nitrogen and oxygen atoms in total. The van der Waals surface area contributed by atoms with Crippen molar-refractivity contribution in [2.24, 2.45) is 5.73 Å². The summed E-state index contributed by atoms with van der Waals surface area (Å²) in [4.78, 5) is 8.43. The number of rotatable bonds is 4. The minimum absolute atomic E-state index is 0.126. The molecule has 0 spiro atoms. The first-order valence-electron chi connectivity index (χ1n) is 7.52. The van der Waals surface area contributed by atoms with Crippen LogP contribution in [-0.4, -0.2) is 35.8 Å². The monoisotopic (exact) mass is 305 g/mol. The maximum atomic E-state index is 14.2. The molecule has 0 unspecified atom stereocenters. The quantitative estimate of drug-likeness (QED) is 0.938. The third-order valence-corrected chi connectivity index (χ3v) is 4.07. The van der Waals surface area contributed by atoms with Gasteiger partial charge in [0.1, 0.15) is 5.82 Å². The van der Waals surface area contributed by atoms with Crippen LogP contribution in [-0.2, 0) is 11.2 Å². The molecule has 2 aromatic heterocycles. The molecule has 2 atom stereocenters. The van der Waals surface area contributed by atoms with E-state index in [9.17, 15) is 4.39 Å². The van der Waals surface area contributed by atoms with E-state index in [2.05, 4.69) is 9.97 Å². The van der Waals surface area contributed by atoms with E-state index < -0.39 is 0 Å². The predicted octanol–water partition coefficient (Wildman–Crippen LogP) is 2.22. The van der Waals surface area contributed by atoms with Crippen molar-refractivity contribution in [1.29, 1.82) is 0 Å². The Morgan fingerprint density at radius 3 is 3.00 bits per heavy atom. The van der Waals surface area contributed by atoms with Crippen molar-refractivity contribution in [2.45, 2.75) is 37.8 Å². The van der Waals surface area contributed by atoms with Crippen LogP contribution in [0.25, 0.3) is 11.0 Å². The zero-order valence-electron chi connectivity index (χ0n) is 12.6. The molecule has 1 aliphatic heterocycles. The zero-order valence-corrected chi connectivity index (χ0v) is 12.6. The van der Waals surface area contributed by atoms with Crippen molar-refractivity contribution in [3.63, 3.8) is 0 Å². The normalized spacial score (nSPS) is 22.0. The molecule has 22 heavy (non-hydrogen) atoms. The highest BCUT2D eigenvalue weighted by Gasteiger charge is 2.20. The molecule has 0 bridgehead atoms. The van der Waals surface area contributed by atoms with Crippen LogP contribution in [0.15, 0.2) is 18.3 Å². The van der Waals surface area contributed by atoms with Crippen molar-refractivity contribution < 1.29 is 13.9 Å². The second kappa shape index (κ2) is 6.54. The van der Waals surface area contributed by atoms with Gasteiger partial charge in [-0.15, -0.1) is 0 Å². The average molecular weight is 305 g/mol. The Labute approximate surface area is 128 Å². The van der Waals surface area contributed by atoms with E-state index in [-0.39, 0.29) is 18.0 Å². The Morgan fingerprint density at radius 1 is 1.41 bits per heavy atom. The Balaban J connectivity index is 1.81. The third kappa shape index (κ3) is 3.18. The van der Waals surface area contributed by atoms with Gasteiger partial charge in [0.2, 0.25) is 5.88 Å². The lowest BCUT2D eigenvalue weighted by atomic mass is 9.99. The fourth-order valence-corrected chi connectivity index (χ4v) is 2.79. The Kier molecular flexibility index (Phi) is 4.49. The Bertz CT molecular complexity index is 657. The lowest BCUT2D eigenvalue weighted by Crippen LogP contribution is -2.35. The third-order valence-electron chi connectivity index (χ3n) is 4.07. The predicted molar refractivity (Wildman–Crippen MR) is 81.3 cm³/mol. The average Bonchev–Trinajstić information content (AvgIpc) is 2.55. The molecule has 0 radical (unpaired) electrons. The number of pyridine rings is 2. The van der Waals surface area contributed by atoms with Crippen molar-refractivity contribution in [1.82, 2.24) is 9.97 Å². The van der Waals surface area contributed by atoms with E-state index in [0.717, 1.165) is 19.3 Å². The smallest absolute Gasteiger partial charge is 0.213 e. The summed E-state index contributed by atoms with van der Waals surface area (Å²) >= 11 is 0. The summed E-state index contributed by atoms with van der Waals surface area (Å²) < 4.78 is 25.0. The summed E-state index contributed by atoms with van der Waals surface area (Å²) in [5.41, 5.74) is 7.62. The van der Waals surface area contributed by atoms with Gasteiger partial charge in [-0.1, -0.05) is 0 Å². The highest BCUT2D eigenvalue weighted by molar-refractivity contribution is 5.78. The maximum Gasteiger partial charge on any atom is 0.213 e. The number of hydrogen-bond donors (Lipinski definition) is 1. The second-order valence-corrected chi connectivity index (χ2v) is 5.64. The number of nitrogens with two attached hydrogens (primary N) is 1. The van der Waals surface area contributed by atoms with Crippen LogP contribution in [0.2, 0.25) is 0 Å². The van der Waals surface area contributed by atoms with Crippen molar-refractivity contribution in [3.05, 3.63) is 29.7 Å². The van der Waals surface area contributed by atoms with Gasteiger partial charge < -0.3 is 15.2 Å². The number of aromatic nitrogens is 2. The standard InChI is InChI=1S/C16H20FN3O2/c1-21-15-7-6-14-16(20-15)12(13(17)8-19-14)5-4-11-3-2-10(18)9-22-11/h6-8,10-11H,2-5,9,18H2,1H3/t10-,11-/m1/s1. The molecule has 0 aliphatic carbocycles. The van der Waals surface area contributed by atoms with Gasteiger partial charge in [-0.25, -0.2) is 9.37 Å². The van der Waals surface area contributed by atoms with E-state index in [1.54, 1.807) is 19.2 Å². The number of hydrogen-bond acceptors (Lipinski definition) is 5. The van der Waals surface area contributed by atoms with Crippen LogP contribution >= 0.6 is 0 Å². The number of aryl methyl sites for hydroxylation is 1. The van der Waals surface area contributed by atoms with Gasteiger partial charge in [0.15, 0.2) is 0 Å². The summed E-state index contributed by atoms with van der Waals surface area (Å²) in [7, 11) is 1.54. The molecular weight excluding hydrogens is 285 g/mol. The summed E-state index contributed by atoms with van der Waals surface area (Å²) in [6.07, 6.45) is 4.57. The molecule has 1 saturated heterocycles. The molecular formula is C16H20FN3O2. The van der Waals surface area contributed by atoms with Gasteiger partial charge in [-0.2, -0.15) is 0 Å². The van der Waals surface area contributed by atoms with Gasteiger partial charge in [0, 0.05) is 17.7 Å². The summed E-state index contributed by atoms with van der Waals surface area (Å²) in [6, 6.07) is 3.64. The highest BCUT2D eigenvalue weighted by atomic mass is 19.1. The van der Waals surface area contributed by atoms with Crippen LogP contribution in [0.1, 0.15) is 24.8 Å². The summed E-state index contributed by atoms with van der Waals surface area (Å²) in [5, 5.41) is 0. The number of ether oxygens (including phenoxy) is 2. The molecule has 6 heteroatoms. The van der Waals surface area contributed by atoms with E-state index in [1.165, 1.54) is 6.20 Å². The molecule has 118 valence electrons. The largest absolute Gasteiger partial charge is 0.481 e. The van der Waals surface area contributed by atoms with Gasteiger partial charge in [-0.3, -0.25) is 4.98 Å². The maximum absolute atomic E-state index is 14.2. The topological polar surface area (TPSA) is 70.3 Å². The first-order valence-corrected chi connectivity index (χ1v) is 7.52. The molecule has 1 fully saturated rings. The second-order valence-electron chi connectivity index (χ2n) is 5.64. The molecule has 3 heterocycles. The Morgan fingerprint density at radius 2 is 2.27 bits per heavy atom. The zero-order chi connectivity index (χ0) is 15.5. The van der Waals surface area contributed by atoms with Crippen LogP contribution < -0.4 is 10.5 Å². The van der Waals surface area contributed by atoms with Crippen LogP contribution in [0.4, 0.5) is 4.39 Å². The Hall–Kier alpha value is -1.79. The molecule has 3 rings (SSSR count). The number of nitrogens with zero attached hydrogens (tertiary/aromatic N) is 2. The lowest BCUT2D eigenvalue weighted by Gasteiger charge is -2.26. The fourth-order valence-electron chi connectivity index (χ4n) is 2.79. The molecule has 0 saturated carbocycles. The van der Waals surface area contributed by atoms with Crippen LogP contribution in [0.5, 0.6) is 5.88 Å². The van der Waals surface area contributed by atoms with Crippen molar-refractivity contribution in [2.75, 3.05) is 13.7 Å². The molecule has 0 aromatic carbocycles. The van der Waals surface area contributed by atoms with Crippen LogP contribution in [0, 0.1) is 5.82 Å². The first-order chi connectivity index (χ1) is 10.7.